The number of carbonyl (C=O) groups is 2. The third kappa shape index (κ3) is 3.48. The highest BCUT2D eigenvalue weighted by atomic mass is 32.1. The molecule has 3 aromatic rings. The molecule has 2 aromatic heterocycles. The minimum Gasteiger partial charge on any atom is -0.459 e. The average Bonchev–Trinajstić information content (AvgIpc) is 3.27. The minimum absolute atomic E-state index is 0.0856. The van der Waals surface area contributed by atoms with Gasteiger partial charge < -0.3 is 9.64 Å². The van der Waals surface area contributed by atoms with Crippen LogP contribution in [-0.2, 0) is 20.9 Å². The van der Waals surface area contributed by atoms with E-state index in [0.29, 0.717) is 17.2 Å². The molecule has 0 spiro atoms. The van der Waals surface area contributed by atoms with E-state index in [4.69, 9.17) is 4.74 Å². The topological polar surface area (TPSA) is 81.0 Å². The van der Waals surface area contributed by atoms with E-state index in [1.807, 2.05) is 31.2 Å². The van der Waals surface area contributed by atoms with E-state index in [-0.39, 0.29) is 24.5 Å². The summed E-state index contributed by atoms with van der Waals surface area (Å²) in [5.74, 6) is -1.08. The predicted molar refractivity (Wildman–Crippen MR) is 101 cm³/mol. The summed E-state index contributed by atoms with van der Waals surface area (Å²) >= 11 is 1.33. The molecule has 7 nitrogen and oxygen atoms in total. The summed E-state index contributed by atoms with van der Waals surface area (Å²) in [6.07, 6.45) is 1.77. The molecule has 0 radical (unpaired) electrons. The fourth-order valence-electron chi connectivity index (χ4n) is 3.06. The van der Waals surface area contributed by atoms with Crippen LogP contribution < -0.4 is 10.5 Å². The van der Waals surface area contributed by atoms with Gasteiger partial charge in [-0.2, -0.15) is 0 Å². The van der Waals surface area contributed by atoms with Crippen LogP contribution in [-0.4, -0.2) is 27.8 Å². The van der Waals surface area contributed by atoms with Crippen molar-refractivity contribution in [1.82, 2.24) is 9.38 Å². The van der Waals surface area contributed by atoms with Crippen molar-refractivity contribution in [1.29, 1.82) is 0 Å². The lowest BCUT2D eigenvalue weighted by Gasteiger charge is -2.16. The minimum atomic E-state index is -0.523. The first-order valence-electron chi connectivity index (χ1n) is 8.51. The second kappa shape index (κ2) is 6.96. The molecular formula is C19H17N3O4S. The quantitative estimate of drug-likeness (QED) is 0.645. The maximum absolute atomic E-state index is 12.4. The highest BCUT2D eigenvalue weighted by Gasteiger charge is 2.36. The Hall–Kier alpha value is -3.00. The Bertz CT molecular complexity index is 1070. The zero-order valence-electron chi connectivity index (χ0n) is 14.6. The normalized spacial score (nSPS) is 16.9. The second-order valence-corrected chi connectivity index (χ2v) is 7.36. The Balaban J connectivity index is 1.41. The van der Waals surface area contributed by atoms with Gasteiger partial charge in [-0.25, -0.2) is 4.98 Å². The summed E-state index contributed by atoms with van der Waals surface area (Å²) in [4.78, 5) is 43.1. The second-order valence-electron chi connectivity index (χ2n) is 6.49. The van der Waals surface area contributed by atoms with Crippen LogP contribution >= 0.6 is 11.3 Å². The number of benzene rings is 1. The van der Waals surface area contributed by atoms with E-state index in [1.165, 1.54) is 21.8 Å². The molecule has 0 aliphatic carbocycles. The van der Waals surface area contributed by atoms with Gasteiger partial charge >= 0.3 is 5.97 Å². The lowest BCUT2D eigenvalue weighted by atomic mass is 10.1. The van der Waals surface area contributed by atoms with E-state index in [9.17, 15) is 14.4 Å². The fourth-order valence-corrected chi connectivity index (χ4v) is 3.80. The third-order valence-electron chi connectivity index (χ3n) is 4.52. The van der Waals surface area contributed by atoms with Gasteiger partial charge in [-0.05, 0) is 19.1 Å². The van der Waals surface area contributed by atoms with Crippen molar-refractivity contribution in [2.24, 2.45) is 5.92 Å². The zero-order chi connectivity index (χ0) is 19.0. The van der Waals surface area contributed by atoms with Crippen LogP contribution in [0.2, 0.25) is 0 Å². The van der Waals surface area contributed by atoms with Gasteiger partial charge in [0.05, 0.1) is 11.6 Å². The van der Waals surface area contributed by atoms with Crippen molar-refractivity contribution >= 4 is 33.9 Å². The smallest absolute Gasteiger partial charge is 0.311 e. The third-order valence-corrected chi connectivity index (χ3v) is 5.28. The molecule has 1 aromatic carbocycles. The van der Waals surface area contributed by atoms with Crippen molar-refractivity contribution in [3.63, 3.8) is 0 Å². The Labute approximate surface area is 158 Å². The number of fused-ring (bicyclic) bond motifs is 1. The van der Waals surface area contributed by atoms with Crippen LogP contribution in [0.3, 0.4) is 0 Å². The number of aromatic nitrogens is 2. The first-order valence-corrected chi connectivity index (χ1v) is 9.39. The first kappa shape index (κ1) is 17.4. The lowest BCUT2D eigenvalue weighted by Crippen LogP contribution is -2.26. The van der Waals surface area contributed by atoms with Crippen molar-refractivity contribution < 1.29 is 14.3 Å². The standard InChI is InChI=1S/C19H17N3O4S/c1-12-2-4-15(5-3-12)22-10-13(8-16(22)23)18(25)26-11-14-9-17(24)21-6-7-27-19(21)20-14/h2-7,9,13H,8,10-11H2,1H3. The van der Waals surface area contributed by atoms with Crippen molar-refractivity contribution in [2.45, 2.75) is 20.0 Å². The molecule has 1 atom stereocenters. The summed E-state index contributed by atoms with van der Waals surface area (Å²) < 4.78 is 6.76. The largest absolute Gasteiger partial charge is 0.459 e. The molecule has 138 valence electrons. The number of aryl methyl sites for hydroxylation is 1. The number of ether oxygens (including phenoxy) is 1. The molecule has 3 heterocycles. The van der Waals surface area contributed by atoms with Gasteiger partial charge in [-0.3, -0.25) is 18.8 Å². The zero-order valence-corrected chi connectivity index (χ0v) is 15.4. The van der Waals surface area contributed by atoms with Crippen molar-refractivity contribution in [3.05, 3.63) is 63.5 Å². The van der Waals surface area contributed by atoms with Gasteiger partial charge in [0.15, 0.2) is 4.96 Å². The van der Waals surface area contributed by atoms with Crippen molar-refractivity contribution in [2.75, 3.05) is 11.4 Å². The first-order chi connectivity index (χ1) is 13.0. The number of hydrogen-bond donors (Lipinski definition) is 0. The summed E-state index contributed by atoms with van der Waals surface area (Å²) in [6.45, 7) is 2.18. The van der Waals surface area contributed by atoms with Gasteiger partial charge in [0.2, 0.25) is 5.91 Å². The van der Waals surface area contributed by atoms with E-state index in [1.54, 1.807) is 16.5 Å². The molecule has 1 fully saturated rings. The fraction of sp³-hybridized carbons (Fsp3) is 0.263. The number of anilines is 1. The number of nitrogens with zero attached hydrogens (tertiary/aromatic N) is 3. The van der Waals surface area contributed by atoms with E-state index >= 15 is 0 Å². The van der Waals surface area contributed by atoms with Crippen LogP contribution in [0.5, 0.6) is 0 Å². The number of rotatable bonds is 4. The Morgan fingerprint density at radius 3 is 2.85 bits per heavy atom. The molecule has 27 heavy (non-hydrogen) atoms. The van der Waals surface area contributed by atoms with Gasteiger partial charge in [0, 0.05) is 36.3 Å². The molecule has 4 rings (SSSR count). The molecule has 0 saturated carbocycles. The monoisotopic (exact) mass is 383 g/mol. The molecule has 0 bridgehead atoms. The van der Waals surface area contributed by atoms with Gasteiger partial charge in [-0.1, -0.05) is 17.7 Å². The van der Waals surface area contributed by atoms with Gasteiger partial charge in [0.1, 0.15) is 6.61 Å². The molecule has 1 aliphatic heterocycles. The van der Waals surface area contributed by atoms with Gasteiger partial charge in [0.25, 0.3) is 5.56 Å². The molecule has 1 amide bonds. The van der Waals surface area contributed by atoms with Crippen LogP contribution in [0.25, 0.3) is 4.96 Å². The number of thiazole rings is 1. The number of esters is 1. The Morgan fingerprint density at radius 1 is 1.30 bits per heavy atom. The Kier molecular flexibility index (Phi) is 4.49. The maximum atomic E-state index is 12.4. The molecule has 0 N–H and O–H groups in total. The summed E-state index contributed by atoms with van der Waals surface area (Å²) in [6, 6.07) is 8.95. The SMILES string of the molecule is Cc1ccc(N2CC(C(=O)OCc3cc(=O)n4ccsc4n3)CC2=O)cc1. The van der Waals surface area contributed by atoms with Crippen molar-refractivity contribution in [3.8, 4) is 0 Å². The van der Waals surface area contributed by atoms with Crippen LogP contribution in [0, 0.1) is 12.8 Å². The molecule has 8 heteroatoms. The molecule has 1 aliphatic rings. The average molecular weight is 383 g/mol. The predicted octanol–water partition coefficient (Wildman–Crippen LogP) is 2.16. The molecular weight excluding hydrogens is 366 g/mol. The number of carbonyl (C=O) groups excluding carboxylic acids is 2. The Morgan fingerprint density at radius 2 is 2.07 bits per heavy atom. The van der Waals surface area contributed by atoms with Crippen LogP contribution in [0.15, 0.2) is 46.7 Å². The summed E-state index contributed by atoms with van der Waals surface area (Å²) in [5.41, 5.74) is 2.07. The number of hydrogen-bond acceptors (Lipinski definition) is 6. The van der Waals surface area contributed by atoms with E-state index in [0.717, 1.165) is 11.3 Å². The van der Waals surface area contributed by atoms with E-state index < -0.39 is 11.9 Å². The van der Waals surface area contributed by atoms with E-state index in [2.05, 4.69) is 4.98 Å². The molecule has 1 saturated heterocycles. The van der Waals surface area contributed by atoms with Gasteiger partial charge in [-0.15, -0.1) is 11.3 Å². The van der Waals surface area contributed by atoms with Crippen LogP contribution in [0.1, 0.15) is 17.7 Å². The van der Waals surface area contributed by atoms with Crippen LogP contribution in [0.4, 0.5) is 5.69 Å². The lowest BCUT2D eigenvalue weighted by molar-refractivity contribution is -0.149. The number of amides is 1. The maximum Gasteiger partial charge on any atom is 0.311 e. The molecule has 1 unspecified atom stereocenters. The summed E-state index contributed by atoms with van der Waals surface area (Å²) in [7, 11) is 0. The summed E-state index contributed by atoms with van der Waals surface area (Å²) in [5, 5.41) is 1.77. The highest BCUT2D eigenvalue weighted by molar-refractivity contribution is 7.15. The highest BCUT2D eigenvalue weighted by Crippen LogP contribution is 2.26.